The molecule has 0 radical (unpaired) electrons. The van der Waals surface area contributed by atoms with E-state index in [4.69, 9.17) is 11.6 Å². The van der Waals surface area contributed by atoms with Gasteiger partial charge in [-0.15, -0.1) is 0 Å². The van der Waals surface area contributed by atoms with E-state index < -0.39 is 28.5 Å². The van der Waals surface area contributed by atoms with Crippen LogP contribution in [0.25, 0.3) is 0 Å². The van der Waals surface area contributed by atoms with E-state index in [-0.39, 0.29) is 17.3 Å². The molecule has 3 aromatic rings. The third-order valence-electron chi connectivity index (χ3n) is 6.32. The fourth-order valence-corrected chi connectivity index (χ4v) is 5.63. The quantitative estimate of drug-likeness (QED) is 0.381. The number of sulfonamides is 1. The second kappa shape index (κ2) is 12.5. The standard InChI is InChI=1S/C29H34ClN3O4S/c1-6-31-29(35)23(5)32(18-24-12-7-20(2)8-13-24)28(34)19-33(27-17-25(30)14-11-22(27)4)38(36,37)26-15-9-21(3)10-16-26/h7-17,23H,6,18-19H2,1-5H3,(H,31,35)/t23-/m0/s1. The van der Waals surface area contributed by atoms with Gasteiger partial charge in [0.15, 0.2) is 0 Å². The molecule has 3 rings (SSSR count). The lowest BCUT2D eigenvalue weighted by Crippen LogP contribution is -2.51. The van der Waals surface area contributed by atoms with Crippen LogP contribution in [0.1, 0.15) is 36.1 Å². The molecule has 0 fully saturated rings. The average molecular weight is 556 g/mol. The van der Waals surface area contributed by atoms with Gasteiger partial charge >= 0.3 is 0 Å². The molecule has 3 aromatic carbocycles. The van der Waals surface area contributed by atoms with Gasteiger partial charge in [-0.25, -0.2) is 8.42 Å². The number of benzene rings is 3. The Hall–Kier alpha value is -3.36. The lowest BCUT2D eigenvalue weighted by atomic mass is 10.1. The number of nitrogens with zero attached hydrogens (tertiary/aromatic N) is 2. The Labute approximate surface area is 230 Å². The Morgan fingerprint density at radius 1 is 0.921 bits per heavy atom. The van der Waals surface area contributed by atoms with Gasteiger partial charge < -0.3 is 10.2 Å². The summed E-state index contributed by atoms with van der Waals surface area (Å²) in [6.45, 7) is 9.07. The highest BCUT2D eigenvalue weighted by Gasteiger charge is 2.33. The number of likely N-dealkylation sites (N-methyl/N-ethyl adjacent to an activating group) is 1. The summed E-state index contributed by atoms with van der Waals surface area (Å²) in [6, 6.07) is 18.2. The van der Waals surface area contributed by atoms with Gasteiger partial charge in [0.2, 0.25) is 11.8 Å². The first-order valence-electron chi connectivity index (χ1n) is 12.4. The van der Waals surface area contributed by atoms with Gasteiger partial charge in [0, 0.05) is 18.1 Å². The molecule has 0 aliphatic carbocycles. The topological polar surface area (TPSA) is 86.8 Å². The van der Waals surface area contributed by atoms with Crippen molar-refractivity contribution < 1.29 is 18.0 Å². The van der Waals surface area contributed by atoms with Crippen LogP contribution in [0.15, 0.2) is 71.6 Å². The highest BCUT2D eigenvalue weighted by Crippen LogP contribution is 2.30. The summed E-state index contributed by atoms with van der Waals surface area (Å²) >= 11 is 6.25. The molecule has 0 aliphatic rings. The van der Waals surface area contributed by atoms with Crippen LogP contribution in [0.5, 0.6) is 0 Å². The van der Waals surface area contributed by atoms with Crippen molar-refractivity contribution in [1.82, 2.24) is 10.2 Å². The van der Waals surface area contributed by atoms with Crippen LogP contribution in [0, 0.1) is 20.8 Å². The number of carbonyl (C=O) groups excluding carboxylic acids is 2. The molecule has 1 atom stereocenters. The third kappa shape index (κ3) is 6.94. The minimum atomic E-state index is -4.15. The molecule has 0 aromatic heterocycles. The van der Waals surface area contributed by atoms with Crippen molar-refractivity contribution in [3.05, 3.63) is 94.0 Å². The Morgan fingerprint density at radius 2 is 1.50 bits per heavy atom. The van der Waals surface area contributed by atoms with Crippen molar-refractivity contribution in [3.8, 4) is 0 Å². The first-order valence-corrected chi connectivity index (χ1v) is 14.2. The van der Waals surface area contributed by atoms with Crippen LogP contribution in [0.2, 0.25) is 5.02 Å². The van der Waals surface area contributed by atoms with E-state index in [1.807, 2.05) is 38.1 Å². The smallest absolute Gasteiger partial charge is 0.264 e. The Morgan fingerprint density at radius 3 is 2.08 bits per heavy atom. The maximum atomic E-state index is 13.9. The van der Waals surface area contributed by atoms with E-state index in [1.165, 1.54) is 23.1 Å². The van der Waals surface area contributed by atoms with Gasteiger partial charge in [0.25, 0.3) is 10.0 Å². The number of halogens is 1. The number of hydrogen-bond donors (Lipinski definition) is 1. The molecule has 202 valence electrons. The lowest BCUT2D eigenvalue weighted by Gasteiger charge is -2.32. The van der Waals surface area contributed by atoms with Crippen molar-refractivity contribution in [2.75, 3.05) is 17.4 Å². The van der Waals surface area contributed by atoms with E-state index in [1.54, 1.807) is 45.0 Å². The van der Waals surface area contributed by atoms with Crippen molar-refractivity contribution in [2.45, 2.75) is 52.1 Å². The van der Waals surface area contributed by atoms with E-state index in [9.17, 15) is 18.0 Å². The number of anilines is 1. The fraction of sp³-hybridized carbons (Fsp3) is 0.310. The SMILES string of the molecule is CCNC(=O)[C@H](C)N(Cc1ccc(C)cc1)C(=O)CN(c1cc(Cl)ccc1C)S(=O)(=O)c1ccc(C)cc1. The Kier molecular flexibility index (Phi) is 9.57. The summed E-state index contributed by atoms with van der Waals surface area (Å²) in [5, 5.41) is 3.10. The molecule has 0 bridgehead atoms. The molecule has 0 aliphatic heterocycles. The van der Waals surface area contributed by atoms with Gasteiger partial charge in [0.1, 0.15) is 12.6 Å². The third-order valence-corrected chi connectivity index (χ3v) is 8.33. The summed E-state index contributed by atoms with van der Waals surface area (Å²) in [4.78, 5) is 28.1. The second-order valence-corrected chi connectivity index (χ2v) is 11.6. The average Bonchev–Trinajstić information content (AvgIpc) is 2.88. The van der Waals surface area contributed by atoms with E-state index in [0.717, 1.165) is 21.0 Å². The van der Waals surface area contributed by atoms with Crippen LogP contribution < -0.4 is 9.62 Å². The zero-order chi connectivity index (χ0) is 28.0. The van der Waals surface area contributed by atoms with Gasteiger partial charge in [-0.05, 0) is 70.0 Å². The minimum absolute atomic E-state index is 0.0529. The molecule has 2 amide bonds. The summed E-state index contributed by atoms with van der Waals surface area (Å²) in [5.74, 6) is -0.834. The van der Waals surface area contributed by atoms with Gasteiger partial charge in [0.05, 0.1) is 10.6 Å². The number of amides is 2. The van der Waals surface area contributed by atoms with Crippen LogP contribution in [0.4, 0.5) is 5.69 Å². The first-order chi connectivity index (χ1) is 17.9. The normalized spacial score (nSPS) is 12.1. The number of rotatable bonds is 10. The molecule has 0 heterocycles. The van der Waals surface area contributed by atoms with Crippen LogP contribution in [-0.2, 0) is 26.2 Å². The largest absolute Gasteiger partial charge is 0.355 e. The summed E-state index contributed by atoms with van der Waals surface area (Å²) in [6.07, 6.45) is 0. The minimum Gasteiger partial charge on any atom is -0.355 e. The molecule has 38 heavy (non-hydrogen) atoms. The zero-order valence-electron chi connectivity index (χ0n) is 22.4. The molecule has 1 N–H and O–H groups in total. The lowest BCUT2D eigenvalue weighted by molar-refractivity contribution is -0.139. The molecule has 0 spiro atoms. The van der Waals surface area contributed by atoms with Gasteiger partial charge in [-0.1, -0.05) is 65.2 Å². The maximum absolute atomic E-state index is 13.9. The monoisotopic (exact) mass is 555 g/mol. The van der Waals surface area contributed by atoms with E-state index in [0.29, 0.717) is 22.8 Å². The van der Waals surface area contributed by atoms with Crippen molar-refractivity contribution >= 4 is 39.1 Å². The zero-order valence-corrected chi connectivity index (χ0v) is 23.9. The molecule has 9 heteroatoms. The van der Waals surface area contributed by atoms with Gasteiger partial charge in [-0.3, -0.25) is 13.9 Å². The van der Waals surface area contributed by atoms with Crippen LogP contribution >= 0.6 is 11.6 Å². The van der Waals surface area contributed by atoms with Crippen LogP contribution in [0.3, 0.4) is 0 Å². The Balaban J connectivity index is 2.07. The predicted octanol–water partition coefficient (Wildman–Crippen LogP) is 5.01. The van der Waals surface area contributed by atoms with E-state index >= 15 is 0 Å². The summed E-state index contributed by atoms with van der Waals surface area (Å²) < 4.78 is 28.9. The summed E-state index contributed by atoms with van der Waals surface area (Å²) in [7, 11) is -4.15. The first kappa shape index (κ1) is 29.2. The highest BCUT2D eigenvalue weighted by atomic mass is 35.5. The van der Waals surface area contributed by atoms with Crippen molar-refractivity contribution in [3.63, 3.8) is 0 Å². The number of carbonyl (C=O) groups is 2. The highest BCUT2D eigenvalue weighted by molar-refractivity contribution is 7.92. The Bertz CT molecular complexity index is 1390. The summed E-state index contributed by atoms with van der Waals surface area (Å²) in [5.41, 5.74) is 3.74. The molecule has 0 unspecified atom stereocenters. The van der Waals surface area contributed by atoms with Crippen molar-refractivity contribution in [1.29, 1.82) is 0 Å². The second-order valence-electron chi connectivity index (χ2n) is 9.33. The number of hydrogen-bond acceptors (Lipinski definition) is 4. The van der Waals surface area contributed by atoms with E-state index in [2.05, 4.69) is 5.32 Å². The maximum Gasteiger partial charge on any atom is 0.264 e. The number of nitrogens with one attached hydrogen (secondary N) is 1. The molecule has 0 saturated carbocycles. The molecule has 0 saturated heterocycles. The van der Waals surface area contributed by atoms with Crippen molar-refractivity contribution in [2.24, 2.45) is 0 Å². The predicted molar refractivity (Wildman–Crippen MR) is 152 cm³/mol. The molecule has 7 nitrogen and oxygen atoms in total. The molecular formula is C29H34ClN3O4S. The number of aryl methyl sites for hydroxylation is 3. The van der Waals surface area contributed by atoms with Crippen LogP contribution in [-0.4, -0.2) is 44.3 Å². The van der Waals surface area contributed by atoms with Gasteiger partial charge in [-0.2, -0.15) is 0 Å². The molecular weight excluding hydrogens is 522 g/mol. The fourth-order valence-electron chi connectivity index (χ4n) is 4.00.